The van der Waals surface area contributed by atoms with Crippen LogP contribution in [-0.4, -0.2) is 29.8 Å². The topological polar surface area (TPSA) is 36.4 Å². The molecule has 0 saturated carbocycles. The van der Waals surface area contributed by atoms with Crippen molar-refractivity contribution in [2.45, 2.75) is 13.3 Å². The SMILES string of the molecule is CC1(CO)CCN(c2ccnc(F)c2)C1. The fraction of sp³-hybridized carbons (Fsp3) is 0.545. The average Bonchev–Trinajstić information content (AvgIpc) is 2.62. The van der Waals surface area contributed by atoms with Crippen molar-refractivity contribution in [3.05, 3.63) is 24.3 Å². The maximum atomic E-state index is 12.9. The van der Waals surface area contributed by atoms with Crippen LogP contribution in [0.4, 0.5) is 10.1 Å². The van der Waals surface area contributed by atoms with Crippen LogP contribution in [0.1, 0.15) is 13.3 Å². The van der Waals surface area contributed by atoms with E-state index in [4.69, 9.17) is 0 Å². The number of pyridine rings is 1. The van der Waals surface area contributed by atoms with Crippen molar-refractivity contribution in [2.75, 3.05) is 24.6 Å². The van der Waals surface area contributed by atoms with Crippen LogP contribution >= 0.6 is 0 Å². The molecule has 0 aliphatic carbocycles. The summed E-state index contributed by atoms with van der Waals surface area (Å²) in [6.45, 7) is 3.86. The molecule has 1 atom stereocenters. The molecule has 0 radical (unpaired) electrons. The van der Waals surface area contributed by atoms with Gasteiger partial charge in [-0.05, 0) is 12.5 Å². The third-order valence-corrected chi connectivity index (χ3v) is 3.01. The molecular formula is C11H15FN2O. The summed E-state index contributed by atoms with van der Waals surface area (Å²) < 4.78 is 12.9. The van der Waals surface area contributed by atoms with E-state index < -0.39 is 5.95 Å². The summed E-state index contributed by atoms with van der Waals surface area (Å²) in [7, 11) is 0. The first-order valence-corrected chi connectivity index (χ1v) is 5.10. The van der Waals surface area contributed by atoms with E-state index in [2.05, 4.69) is 9.88 Å². The molecule has 1 unspecified atom stereocenters. The fourth-order valence-corrected chi connectivity index (χ4v) is 1.96. The molecule has 0 bridgehead atoms. The number of anilines is 1. The second-order valence-corrected chi connectivity index (χ2v) is 4.48. The molecular weight excluding hydrogens is 195 g/mol. The predicted molar refractivity (Wildman–Crippen MR) is 56.2 cm³/mol. The van der Waals surface area contributed by atoms with Crippen molar-refractivity contribution in [1.82, 2.24) is 4.98 Å². The molecule has 1 fully saturated rings. The second kappa shape index (κ2) is 3.77. The van der Waals surface area contributed by atoms with E-state index in [1.807, 2.05) is 6.92 Å². The molecule has 1 aliphatic rings. The van der Waals surface area contributed by atoms with Gasteiger partial charge in [0.15, 0.2) is 0 Å². The Morgan fingerprint density at radius 1 is 1.67 bits per heavy atom. The maximum Gasteiger partial charge on any atom is 0.214 e. The first-order valence-electron chi connectivity index (χ1n) is 5.10. The highest BCUT2D eigenvalue weighted by Crippen LogP contribution is 2.32. The highest BCUT2D eigenvalue weighted by atomic mass is 19.1. The number of hydrogen-bond donors (Lipinski definition) is 1. The van der Waals surface area contributed by atoms with E-state index >= 15 is 0 Å². The third kappa shape index (κ3) is 2.09. The van der Waals surface area contributed by atoms with Crippen molar-refractivity contribution in [3.8, 4) is 0 Å². The van der Waals surface area contributed by atoms with Crippen LogP contribution in [0.3, 0.4) is 0 Å². The third-order valence-electron chi connectivity index (χ3n) is 3.01. The van der Waals surface area contributed by atoms with Crippen LogP contribution in [-0.2, 0) is 0 Å². The van der Waals surface area contributed by atoms with Crippen molar-refractivity contribution in [1.29, 1.82) is 0 Å². The Hall–Kier alpha value is -1.16. The van der Waals surface area contributed by atoms with Gasteiger partial charge in [-0.3, -0.25) is 0 Å². The molecule has 0 spiro atoms. The van der Waals surface area contributed by atoms with Crippen LogP contribution in [0.25, 0.3) is 0 Å². The summed E-state index contributed by atoms with van der Waals surface area (Å²) in [6, 6.07) is 3.23. The molecule has 1 N–H and O–H groups in total. The highest BCUT2D eigenvalue weighted by Gasteiger charge is 2.33. The normalized spacial score (nSPS) is 25.9. The molecule has 15 heavy (non-hydrogen) atoms. The zero-order valence-electron chi connectivity index (χ0n) is 8.78. The van der Waals surface area contributed by atoms with Gasteiger partial charge >= 0.3 is 0 Å². The molecule has 2 rings (SSSR count). The van der Waals surface area contributed by atoms with E-state index in [1.54, 1.807) is 6.07 Å². The lowest BCUT2D eigenvalue weighted by Gasteiger charge is -2.23. The van der Waals surface area contributed by atoms with E-state index in [1.165, 1.54) is 12.3 Å². The number of aliphatic hydroxyl groups is 1. The largest absolute Gasteiger partial charge is 0.396 e. The quantitative estimate of drug-likeness (QED) is 0.750. The van der Waals surface area contributed by atoms with Crippen molar-refractivity contribution >= 4 is 5.69 Å². The van der Waals surface area contributed by atoms with Gasteiger partial charge in [-0.25, -0.2) is 4.98 Å². The summed E-state index contributed by atoms with van der Waals surface area (Å²) in [5.74, 6) is -0.454. The second-order valence-electron chi connectivity index (χ2n) is 4.48. The number of nitrogens with zero attached hydrogens (tertiary/aromatic N) is 2. The van der Waals surface area contributed by atoms with Crippen molar-refractivity contribution < 1.29 is 9.50 Å². The number of aliphatic hydroxyl groups excluding tert-OH is 1. The van der Waals surface area contributed by atoms with E-state index in [-0.39, 0.29) is 12.0 Å². The number of hydrogen-bond acceptors (Lipinski definition) is 3. The van der Waals surface area contributed by atoms with Crippen molar-refractivity contribution in [2.24, 2.45) is 5.41 Å². The lowest BCUT2D eigenvalue weighted by molar-refractivity contribution is 0.162. The average molecular weight is 210 g/mol. The Morgan fingerprint density at radius 2 is 2.47 bits per heavy atom. The molecule has 1 saturated heterocycles. The molecule has 1 aromatic heterocycles. The zero-order chi connectivity index (χ0) is 10.9. The lowest BCUT2D eigenvalue weighted by atomic mass is 9.91. The summed E-state index contributed by atoms with van der Waals surface area (Å²) >= 11 is 0. The summed E-state index contributed by atoms with van der Waals surface area (Å²) in [6.07, 6.45) is 2.41. The Kier molecular flexibility index (Phi) is 2.61. The molecule has 82 valence electrons. The molecule has 1 aromatic rings. The van der Waals surface area contributed by atoms with Gasteiger partial charge in [0.25, 0.3) is 0 Å². The van der Waals surface area contributed by atoms with Crippen LogP contribution < -0.4 is 4.90 Å². The van der Waals surface area contributed by atoms with Crippen LogP contribution in [0, 0.1) is 11.4 Å². The Labute approximate surface area is 88.6 Å². The predicted octanol–water partition coefficient (Wildman–Crippen LogP) is 1.43. The Balaban J connectivity index is 2.14. The minimum atomic E-state index is -0.454. The van der Waals surface area contributed by atoms with Crippen molar-refractivity contribution in [3.63, 3.8) is 0 Å². The van der Waals surface area contributed by atoms with E-state index in [0.29, 0.717) is 0 Å². The van der Waals surface area contributed by atoms with Crippen LogP contribution in [0.15, 0.2) is 18.3 Å². The van der Waals surface area contributed by atoms with Gasteiger partial charge < -0.3 is 10.0 Å². The van der Waals surface area contributed by atoms with Crippen LogP contribution in [0.2, 0.25) is 0 Å². The van der Waals surface area contributed by atoms with Gasteiger partial charge in [0.1, 0.15) is 0 Å². The summed E-state index contributed by atoms with van der Waals surface area (Å²) in [4.78, 5) is 5.61. The zero-order valence-corrected chi connectivity index (χ0v) is 8.78. The standard InChI is InChI=1S/C11H15FN2O/c1-11(8-15)3-5-14(7-11)9-2-4-13-10(12)6-9/h2,4,6,15H,3,5,7-8H2,1H3. The van der Waals surface area contributed by atoms with Gasteiger partial charge in [-0.1, -0.05) is 6.92 Å². The number of rotatable bonds is 2. The van der Waals surface area contributed by atoms with Gasteiger partial charge in [0.05, 0.1) is 6.61 Å². The molecule has 0 aromatic carbocycles. The number of aromatic nitrogens is 1. The monoisotopic (exact) mass is 210 g/mol. The first-order chi connectivity index (χ1) is 7.13. The lowest BCUT2D eigenvalue weighted by Crippen LogP contribution is -2.27. The van der Waals surface area contributed by atoms with Gasteiger partial charge in [0, 0.05) is 36.5 Å². The molecule has 3 nitrogen and oxygen atoms in total. The molecule has 0 amide bonds. The maximum absolute atomic E-state index is 12.9. The fourth-order valence-electron chi connectivity index (χ4n) is 1.96. The molecule has 2 heterocycles. The first kappa shape index (κ1) is 10.4. The summed E-state index contributed by atoms with van der Waals surface area (Å²) in [5, 5.41) is 9.23. The van der Waals surface area contributed by atoms with E-state index in [0.717, 1.165) is 25.2 Å². The minimum Gasteiger partial charge on any atom is -0.396 e. The van der Waals surface area contributed by atoms with E-state index in [9.17, 15) is 9.50 Å². The van der Waals surface area contributed by atoms with Gasteiger partial charge in [0.2, 0.25) is 5.95 Å². The smallest absolute Gasteiger partial charge is 0.214 e. The minimum absolute atomic E-state index is 0.0558. The number of halogens is 1. The van der Waals surface area contributed by atoms with Crippen LogP contribution in [0.5, 0.6) is 0 Å². The molecule has 1 aliphatic heterocycles. The Morgan fingerprint density at radius 3 is 3.07 bits per heavy atom. The summed E-state index contributed by atoms with van der Waals surface area (Å²) in [5.41, 5.74) is 0.791. The van der Waals surface area contributed by atoms with Gasteiger partial charge in [-0.15, -0.1) is 0 Å². The highest BCUT2D eigenvalue weighted by molar-refractivity contribution is 5.46. The van der Waals surface area contributed by atoms with Gasteiger partial charge in [-0.2, -0.15) is 4.39 Å². The molecule has 4 heteroatoms. The Bertz CT molecular complexity index is 358.